The minimum atomic E-state index is 0.503. The third kappa shape index (κ3) is 1.77. The molecule has 2 unspecified atom stereocenters. The van der Waals surface area contributed by atoms with E-state index < -0.39 is 0 Å². The normalized spacial score (nSPS) is 30.2. The smallest absolute Gasteiger partial charge is 0.129 e. The molecule has 0 aromatic heterocycles. The summed E-state index contributed by atoms with van der Waals surface area (Å²) in [7, 11) is 0. The molecule has 1 N–H and O–H groups in total. The highest BCUT2D eigenvalue weighted by Gasteiger charge is 2.35. The summed E-state index contributed by atoms with van der Waals surface area (Å²) in [5.41, 5.74) is 1.27. The molecule has 0 aliphatic heterocycles. The summed E-state index contributed by atoms with van der Waals surface area (Å²) < 4.78 is 0.887. The summed E-state index contributed by atoms with van der Waals surface area (Å²) in [6, 6.07) is 0. The van der Waals surface area contributed by atoms with Crippen molar-refractivity contribution >= 4 is 15.9 Å². The van der Waals surface area contributed by atoms with Gasteiger partial charge in [0.1, 0.15) is 5.76 Å². The van der Waals surface area contributed by atoms with Crippen molar-refractivity contribution in [3.8, 4) is 0 Å². The summed E-state index contributed by atoms with van der Waals surface area (Å²) in [4.78, 5) is 0. The summed E-state index contributed by atoms with van der Waals surface area (Å²) in [5.74, 6) is 2.40. The van der Waals surface area contributed by atoms with E-state index >= 15 is 0 Å². The minimum absolute atomic E-state index is 0.503. The van der Waals surface area contributed by atoms with Gasteiger partial charge in [0.15, 0.2) is 0 Å². The van der Waals surface area contributed by atoms with Gasteiger partial charge in [0.25, 0.3) is 0 Å². The van der Waals surface area contributed by atoms with E-state index in [-0.39, 0.29) is 0 Å². The molecule has 0 spiro atoms. The van der Waals surface area contributed by atoms with Gasteiger partial charge < -0.3 is 5.11 Å². The monoisotopic (exact) mass is 256 g/mol. The molecule has 0 aromatic carbocycles. The lowest BCUT2D eigenvalue weighted by Crippen LogP contribution is -2.15. The van der Waals surface area contributed by atoms with E-state index in [1.165, 1.54) is 18.4 Å². The highest BCUT2D eigenvalue weighted by molar-refractivity contribution is 9.11. The summed E-state index contributed by atoms with van der Waals surface area (Å²) in [6.07, 6.45) is 5.80. The third-order valence-electron chi connectivity index (χ3n) is 3.50. The van der Waals surface area contributed by atoms with Crippen molar-refractivity contribution < 1.29 is 5.11 Å². The molecule has 2 aliphatic carbocycles. The first kappa shape index (κ1) is 10.3. The Labute approximate surface area is 94.0 Å². The largest absolute Gasteiger partial charge is 0.507 e. The molecule has 0 heterocycles. The van der Waals surface area contributed by atoms with E-state index in [0.717, 1.165) is 16.8 Å². The van der Waals surface area contributed by atoms with Gasteiger partial charge in [-0.25, -0.2) is 0 Å². The van der Waals surface area contributed by atoms with Gasteiger partial charge in [-0.3, -0.25) is 0 Å². The zero-order chi connectivity index (χ0) is 10.3. The van der Waals surface area contributed by atoms with Crippen LogP contribution in [0.2, 0.25) is 0 Å². The van der Waals surface area contributed by atoms with Crippen LogP contribution < -0.4 is 0 Å². The Bertz CT molecular complexity index is 299. The predicted molar refractivity (Wildman–Crippen MR) is 62.3 cm³/mol. The molecule has 0 saturated heterocycles. The maximum absolute atomic E-state index is 10.0. The molecule has 2 aliphatic rings. The van der Waals surface area contributed by atoms with Crippen molar-refractivity contribution in [3.05, 3.63) is 21.9 Å². The van der Waals surface area contributed by atoms with E-state index in [9.17, 15) is 5.11 Å². The van der Waals surface area contributed by atoms with Gasteiger partial charge in [0, 0.05) is 0 Å². The Balaban J connectivity index is 2.27. The lowest BCUT2D eigenvalue weighted by atomic mass is 9.82. The first-order valence-electron chi connectivity index (χ1n) is 5.40. The average Bonchev–Trinajstić information content (AvgIpc) is 2.95. The lowest BCUT2D eigenvalue weighted by Gasteiger charge is -2.26. The van der Waals surface area contributed by atoms with Crippen molar-refractivity contribution in [1.29, 1.82) is 0 Å². The zero-order valence-corrected chi connectivity index (χ0v) is 10.3. The molecule has 1 saturated carbocycles. The van der Waals surface area contributed by atoms with Gasteiger partial charge in [0.05, 0.1) is 4.48 Å². The Hall–Kier alpha value is -0.240. The van der Waals surface area contributed by atoms with Gasteiger partial charge in [0.2, 0.25) is 0 Å². The second-order valence-electron chi connectivity index (χ2n) is 4.62. The molecule has 0 aromatic rings. The minimum Gasteiger partial charge on any atom is -0.507 e. The molecule has 2 heteroatoms. The summed E-state index contributed by atoms with van der Waals surface area (Å²) in [5, 5.41) is 10.0. The fraction of sp³-hybridized carbons (Fsp3) is 0.667. The fourth-order valence-corrected chi connectivity index (χ4v) is 2.81. The maximum atomic E-state index is 10.0. The van der Waals surface area contributed by atoms with Crippen LogP contribution in [0.3, 0.4) is 0 Å². The topological polar surface area (TPSA) is 20.2 Å². The van der Waals surface area contributed by atoms with E-state index in [2.05, 4.69) is 35.9 Å². The first-order chi connectivity index (χ1) is 6.61. The van der Waals surface area contributed by atoms with Crippen LogP contribution in [-0.2, 0) is 0 Å². The Morgan fingerprint density at radius 1 is 1.50 bits per heavy atom. The van der Waals surface area contributed by atoms with Crippen LogP contribution in [0.25, 0.3) is 0 Å². The number of aliphatic hydroxyl groups excluding tert-OH is 1. The highest BCUT2D eigenvalue weighted by atomic mass is 79.9. The fourth-order valence-electron chi connectivity index (χ4n) is 2.39. The summed E-state index contributed by atoms with van der Waals surface area (Å²) in [6.45, 7) is 4.46. The molecule has 0 bridgehead atoms. The second kappa shape index (κ2) is 3.73. The van der Waals surface area contributed by atoms with Crippen molar-refractivity contribution in [2.24, 2.45) is 17.8 Å². The van der Waals surface area contributed by atoms with Gasteiger partial charge in [-0.05, 0) is 58.5 Å². The Morgan fingerprint density at radius 3 is 2.71 bits per heavy atom. The SMILES string of the molecule is CC1CC=C(Br)C(O)=C1C(C)C1CC1. The van der Waals surface area contributed by atoms with Crippen LogP contribution in [0.1, 0.15) is 33.1 Å². The van der Waals surface area contributed by atoms with Gasteiger partial charge in [-0.1, -0.05) is 19.9 Å². The number of halogens is 1. The van der Waals surface area contributed by atoms with Gasteiger partial charge in [-0.2, -0.15) is 0 Å². The van der Waals surface area contributed by atoms with Crippen LogP contribution >= 0.6 is 15.9 Å². The molecule has 2 atom stereocenters. The van der Waals surface area contributed by atoms with Crippen molar-refractivity contribution in [2.45, 2.75) is 33.1 Å². The summed E-state index contributed by atoms with van der Waals surface area (Å²) >= 11 is 3.41. The Kier molecular flexibility index (Phi) is 2.74. The van der Waals surface area contributed by atoms with Gasteiger partial charge >= 0.3 is 0 Å². The van der Waals surface area contributed by atoms with Crippen LogP contribution in [-0.4, -0.2) is 5.11 Å². The maximum Gasteiger partial charge on any atom is 0.129 e. The van der Waals surface area contributed by atoms with Crippen molar-refractivity contribution in [1.82, 2.24) is 0 Å². The number of hydrogen-bond acceptors (Lipinski definition) is 1. The van der Waals surface area contributed by atoms with E-state index in [0.29, 0.717) is 17.6 Å². The molecule has 0 radical (unpaired) electrons. The van der Waals surface area contributed by atoms with Crippen molar-refractivity contribution in [3.63, 3.8) is 0 Å². The van der Waals surface area contributed by atoms with Crippen LogP contribution in [0.15, 0.2) is 21.9 Å². The predicted octanol–water partition coefficient (Wildman–Crippen LogP) is 4.16. The molecule has 1 nitrogen and oxygen atoms in total. The van der Waals surface area contributed by atoms with E-state index in [1.807, 2.05) is 0 Å². The van der Waals surface area contributed by atoms with Crippen molar-refractivity contribution in [2.75, 3.05) is 0 Å². The number of rotatable bonds is 2. The van der Waals surface area contributed by atoms with Crippen LogP contribution in [0.5, 0.6) is 0 Å². The molecule has 78 valence electrons. The van der Waals surface area contributed by atoms with Crippen LogP contribution in [0, 0.1) is 17.8 Å². The quantitative estimate of drug-likeness (QED) is 0.787. The number of allylic oxidation sites excluding steroid dienone is 3. The van der Waals surface area contributed by atoms with E-state index in [4.69, 9.17) is 0 Å². The molecule has 14 heavy (non-hydrogen) atoms. The number of hydrogen-bond donors (Lipinski definition) is 1. The lowest BCUT2D eigenvalue weighted by molar-refractivity contribution is 0.377. The third-order valence-corrected chi connectivity index (χ3v) is 4.20. The average molecular weight is 257 g/mol. The molecule has 2 rings (SSSR count). The second-order valence-corrected chi connectivity index (χ2v) is 5.47. The molecular formula is C12H17BrO. The zero-order valence-electron chi connectivity index (χ0n) is 8.76. The highest BCUT2D eigenvalue weighted by Crippen LogP contribution is 2.46. The number of aliphatic hydroxyl groups is 1. The molecule has 0 amide bonds. The molecule has 1 fully saturated rings. The molecular weight excluding hydrogens is 240 g/mol. The Morgan fingerprint density at radius 2 is 2.14 bits per heavy atom. The van der Waals surface area contributed by atoms with Gasteiger partial charge in [-0.15, -0.1) is 0 Å². The first-order valence-corrected chi connectivity index (χ1v) is 6.19. The standard InChI is InChI=1S/C12H17BrO/c1-7-3-6-10(13)12(14)11(7)8(2)9-4-5-9/h6-9,14H,3-5H2,1-2H3. The van der Waals surface area contributed by atoms with Crippen LogP contribution in [0.4, 0.5) is 0 Å². The van der Waals surface area contributed by atoms with E-state index in [1.54, 1.807) is 0 Å².